The van der Waals surface area contributed by atoms with E-state index >= 15 is 0 Å². The van der Waals surface area contributed by atoms with Crippen molar-refractivity contribution in [1.29, 1.82) is 0 Å². The highest BCUT2D eigenvalue weighted by Gasteiger charge is 2.28. The van der Waals surface area contributed by atoms with Gasteiger partial charge in [0.05, 0.1) is 0 Å². The van der Waals surface area contributed by atoms with Crippen molar-refractivity contribution in [3.63, 3.8) is 0 Å². The molecule has 0 N–H and O–H groups in total. The van der Waals surface area contributed by atoms with Crippen LogP contribution in [0.2, 0.25) is 0 Å². The fraction of sp³-hybridized carbons (Fsp3) is 0.667. The second-order valence-corrected chi connectivity index (χ2v) is 5.78. The van der Waals surface area contributed by atoms with Crippen LogP contribution in [0.4, 0.5) is 0 Å². The Balaban J connectivity index is 4.79. The van der Waals surface area contributed by atoms with E-state index in [4.69, 9.17) is 4.74 Å². The first-order valence-electron chi connectivity index (χ1n) is 6.17. The third kappa shape index (κ3) is 6.30. The van der Waals surface area contributed by atoms with Crippen LogP contribution in [0.5, 0.6) is 0 Å². The minimum Gasteiger partial charge on any atom is -0.457 e. The van der Waals surface area contributed by atoms with Gasteiger partial charge in [-0.3, -0.25) is 4.79 Å². The van der Waals surface area contributed by atoms with Gasteiger partial charge in [0, 0.05) is 11.8 Å². The van der Waals surface area contributed by atoms with E-state index in [9.17, 15) is 4.79 Å². The summed E-state index contributed by atoms with van der Waals surface area (Å²) in [4.78, 5) is 11.7. The van der Waals surface area contributed by atoms with E-state index in [2.05, 4.69) is 6.58 Å². The fourth-order valence-electron chi connectivity index (χ4n) is 1.34. The van der Waals surface area contributed by atoms with Crippen LogP contribution < -0.4 is 0 Å². The van der Waals surface area contributed by atoms with E-state index in [0.29, 0.717) is 12.3 Å². The molecule has 0 aromatic rings. The van der Waals surface area contributed by atoms with Crippen LogP contribution in [0.25, 0.3) is 0 Å². The lowest BCUT2D eigenvalue weighted by molar-refractivity contribution is -0.151. The second kappa shape index (κ2) is 6.63. The Morgan fingerprint density at radius 2 is 1.88 bits per heavy atom. The quantitative estimate of drug-likeness (QED) is 0.514. The Kier molecular flexibility index (Phi) is 6.22. The molecule has 0 saturated carbocycles. The Hall–Kier alpha value is -1.05. The SMILES string of the molecule is C=CC(C)(C)[C@H](C=C(C)C)OC(=O)CC(C)C. The highest BCUT2D eigenvalue weighted by Crippen LogP contribution is 2.27. The van der Waals surface area contributed by atoms with E-state index in [-0.39, 0.29) is 17.5 Å². The maximum atomic E-state index is 11.7. The molecule has 2 nitrogen and oxygen atoms in total. The van der Waals surface area contributed by atoms with E-state index in [1.807, 2.05) is 53.7 Å². The largest absolute Gasteiger partial charge is 0.457 e. The predicted molar refractivity (Wildman–Crippen MR) is 72.7 cm³/mol. The van der Waals surface area contributed by atoms with Gasteiger partial charge in [-0.2, -0.15) is 0 Å². The van der Waals surface area contributed by atoms with Gasteiger partial charge in [0.1, 0.15) is 6.10 Å². The third-order valence-electron chi connectivity index (χ3n) is 2.58. The molecule has 0 aromatic carbocycles. The van der Waals surface area contributed by atoms with Gasteiger partial charge in [-0.15, -0.1) is 6.58 Å². The highest BCUT2D eigenvalue weighted by atomic mass is 16.5. The summed E-state index contributed by atoms with van der Waals surface area (Å²) in [5, 5.41) is 0. The Bertz CT molecular complexity index is 294. The van der Waals surface area contributed by atoms with Crippen LogP contribution in [0.1, 0.15) is 48.0 Å². The zero-order valence-electron chi connectivity index (χ0n) is 12.0. The van der Waals surface area contributed by atoms with Gasteiger partial charge in [0.25, 0.3) is 0 Å². The number of esters is 1. The van der Waals surface area contributed by atoms with E-state index < -0.39 is 0 Å². The lowest BCUT2D eigenvalue weighted by Gasteiger charge is -2.29. The molecule has 0 aliphatic heterocycles. The lowest BCUT2D eigenvalue weighted by Crippen LogP contribution is -2.31. The summed E-state index contributed by atoms with van der Waals surface area (Å²) >= 11 is 0. The number of hydrogen-bond acceptors (Lipinski definition) is 2. The van der Waals surface area contributed by atoms with Gasteiger partial charge in [0.2, 0.25) is 0 Å². The summed E-state index contributed by atoms with van der Waals surface area (Å²) in [6.07, 6.45) is 4.04. The Labute approximate surface area is 106 Å². The van der Waals surface area contributed by atoms with Crippen molar-refractivity contribution in [1.82, 2.24) is 0 Å². The number of rotatable bonds is 6. The Morgan fingerprint density at radius 3 is 2.24 bits per heavy atom. The number of carbonyl (C=O) groups excluding carboxylic acids is 1. The van der Waals surface area contributed by atoms with Crippen LogP contribution in [0.3, 0.4) is 0 Å². The molecule has 0 aliphatic rings. The van der Waals surface area contributed by atoms with Crippen LogP contribution in [0, 0.1) is 11.3 Å². The molecule has 0 fully saturated rings. The smallest absolute Gasteiger partial charge is 0.306 e. The summed E-state index contributed by atoms with van der Waals surface area (Å²) < 4.78 is 5.54. The van der Waals surface area contributed by atoms with E-state index in [0.717, 1.165) is 5.57 Å². The van der Waals surface area contributed by atoms with E-state index in [1.165, 1.54) is 0 Å². The number of carbonyl (C=O) groups is 1. The molecule has 0 radical (unpaired) electrons. The maximum Gasteiger partial charge on any atom is 0.306 e. The zero-order chi connectivity index (χ0) is 13.6. The zero-order valence-corrected chi connectivity index (χ0v) is 12.0. The summed E-state index contributed by atoms with van der Waals surface area (Å²) in [5.41, 5.74) is 0.895. The average molecular weight is 238 g/mol. The van der Waals surface area contributed by atoms with Crippen molar-refractivity contribution in [2.24, 2.45) is 11.3 Å². The summed E-state index contributed by atoms with van der Waals surface area (Å²) in [5.74, 6) is 0.180. The molecule has 0 unspecified atom stereocenters. The summed E-state index contributed by atoms with van der Waals surface area (Å²) in [7, 11) is 0. The molecule has 98 valence electrons. The standard InChI is InChI=1S/C15H26O2/c1-8-15(6,7)13(9-11(2)3)17-14(16)10-12(4)5/h8-9,12-13H,1,10H2,2-7H3/t13-/m0/s1. The van der Waals surface area contributed by atoms with Gasteiger partial charge >= 0.3 is 5.97 Å². The monoisotopic (exact) mass is 238 g/mol. The van der Waals surface area contributed by atoms with Crippen molar-refractivity contribution in [2.45, 2.75) is 54.1 Å². The minimum absolute atomic E-state index is 0.141. The normalized spacial score (nSPS) is 13.1. The topological polar surface area (TPSA) is 26.3 Å². The van der Waals surface area contributed by atoms with Gasteiger partial charge in [-0.1, -0.05) is 39.3 Å². The molecule has 1 atom stereocenters. The van der Waals surface area contributed by atoms with Gasteiger partial charge in [-0.05, 0) is 25.8 Å². The molecular formula is C15H26O2. The van der Waals surface area contributed by atoms with Crippen LogP contribution in [-0.4, -0.2) is 12.1 Å². The average Bonchev–Trinajstić information content (AvgIpc) is 2.14. The molecule has 0 aliphatic carbocycles. The predicted octanol–water partition coefficient (Wildman–Crippen LogP) is 4.12. The van der Waals surface area contributed by atoms with Crippen molar-refractivity contribution >= 4 is 5.97 Å². The van der Waals surface area contributed by atoms with Crippen LogP contribution in [0.15, 0.2) is 24.3 Å². The molecule has 0 aromatic heterocycles. The van der Waals surface area contributed by atoms with Crippen molar-refractivity contribution in [3.05, 3.63) is 24.3 Å². The molecule has 0 spiro atoms. The summed E-state index contributed by atoms with van der Waals surface area (Å²) in [6, 6.07) is 0. The minimum atomic E-state index is -0.246. The first-order chi connectivity index (χ1) is 7.69. The molecule has 0 bridgehead atoms. The van der Waals surface area contributed by atoms with Crippen molar-refractivity contribution in [2.75, 3.05) is 0 Å². The molecule has 17 heavy (non-hydrogen) atoms. The van der Waals surface area contributed by atoms with Crippen LogP contribution >= 0.6 is 0 Å². The molecule has 2 heteroatoms. The van der Waals surface area contributed by atoms with Gasteiger partial charge in [-0.25, -0.2) is 0 Å². The number of allylic oxidation sites excluding steroid dienone is 1. The van der Waals surface area contributed by atoms with E-state index in [1.54, 1.807) is 0 Å². The highest BCUT2D eigenvalue weighted by molar-refractivity contribution is 5.70. The maximum absolute atomic E-state index is 11.7. The Morgan fingerprint density at radius 1 is 1.35 bits per heavy atom. The molecule has 0 rings (SSSR count). The molecule has 0 saturated heterocycles. The van der Waals surface area contributed by atoms with Gasteiger partial charge in [0.15, 0.2) is 0 Å². The van der Waals surface area contributed by atoms with Crippen molar-refractivity contribution < 1.29 is 9.53 Å². The van der Waals surface area contributed by atoms with Gasteiger partial charge < -0.3 is 4.74 Å². The number of hydrogen-bond donors (Lipinski definition) is 0. The second-order valence-electron chi connectivity index (χ2n) is 5.78. The van der Waals surface area contributed by atoms with Crippen LogP contribution in [-0.2, 0) is 9.53 Å². The number of ether oxygens (including phenoxy) is 1. The molecule has 0 heterocycles. The summed E-state index contributed by atoms with van der Waals surface area (Å²) in [6.45, 7) is 15.9. The lowest BCUT2D eigenvalue weighted by atomic mass is 9.85. The molecular weight excluding hydrogens is 212 g/mol. The fourth-order valence-corrected chi connectivity index (χ4v) is 1.34. The van der Waals surface area contributed by atoms with Crippen molar-refractivity contribution in [3.8, 4) is 0 Å². The third-order valence-corrected chi connectivity index (χ3v) is 2.58. The first-order valence-corrected chi connectivity index (χ1v) is 6.17. The first kappa shape index (κ1) is 16.0. The molecule has 0 amide bonds.